The zero-order valence-corrected chi connectivity index (χ0v) is 20.8. The van der Waals surface area contributed by atoms with Crippen LogP contribution in [0.1, 0.15) is 12.6 Å². The van der Waals surface area contributed by atoms with E-state index in [2.05, 4.69) is 30.9 Å². The van der Waals surface area contributed by atoms with Gasteiger partial charge in [0.1, 0.15) is 5.52 Å². The first-order chi connectivity index (χ1) is 17.5. The number of benzene rings is 1. The molecule has 4 N–H and O–H groups in total. The quantitative estimate of drug-likeness (QED) is 0.269. The zero-order chi connectivity index (χ0) is 25.1. The van der Waals surface area contributed by atoms with Gasteiger partial charge in [-0.3, -0.25) is 14.8 Å². The number of hydrogen-bond donors (Lipinski definition) is 4. The molecule has 0 spiro atoms. The highest BCUT2D eigenvalue weighted by Gasteiger charge is 2.32. The number of aliphatic hydroxyl groups is 1. The number of nitrogens with zero attached hydrogens (tertiary/aromatic N) is 5. The topological polar surface area (TPSA) is 133 Å². The Kier molecular flexibility index (Phi) is 7.18. The van der Waals surface area contributed by atoms with Gasteiger partial charge in [-0.25, -0.2) is 9.50 Å². The molecule has 4 heterocycles. The Balaban J connectivity index is 1.21. The molecule has 1 aliphatic heterocycles. The number of carbonyl (C=O) groups is 1. The van der Waals surface area contributed by atoms with Crippen LogP contribution in [0.25, 0.3) is 5.52 Å². The van der Waals surface area contributed by atoms with E-state index >= 15 is 0 Å². The minimum atomic E-state index is -0.568. The molecule has 3 aromatic heterocycles. The molecule has 0 aliphatic carbocycles. The van der Waals surface area contributed by atoms with Crippen molar-refractivity contribution in [3.8, 4) is 0 Å². The second kappa shape index (κ2) is 10.7. The molecule has 188 valence electrons. The molecule has 0 saturated carbocycles. The van der Waals surface area contributed by atoms with E-state index in [1.807, 2.05) is 67.4 Å². The third kappa shape index (κ3) is 5.68. The van der Waals surface area contributed by atoms with Crippen LogP contribution in [0.3, 0.4) is 0 Å². The summed E-state index contributed by atoms with van der Waals surface area (Å²) in [5.74, 6) is 1.21. The summed E-state index contributed by atoms with van der Waals surface area (Å²) in [6, 6.07) is 13.3. The average Bonchev–Trinajstić information content (AvgIpc) is 3.56. The molecular weight excluding hydrogens is 480 g/mol. The van der Waals surface area contributed by atoms with Crippen LogP contribution in [0.2, 0.25) is 0 Å². The molecule has 1 amide bonds. The van der Waals surface area contributed by atoms with Crippen LogP contribution in [0.5, 0.6) is 0 Å². The maximum Gasteiger partial charge on any atom is 0.238 e. The van der Waals surface area contributed by atoms with Crippen molar-refractivity contribution in [3.05, 3.63) is 54.4 Å². The number of amides is 1. The molecule has 1 aromatic carbocycles. The number of nitrogens with one attached hydrogen (secondary N) is 3. The number of aromatic amines is 1. The van der Waals surface area contributed by atoms with Gasteiger partial charge in [-0.1, -0.05) is 0 Å². The Hall–Kier alpha value is -3.45. The number of H-pyrrole nitrogens is 1. The minimum Gasteiger partial charge on any atom is -0.389 e. The molecule has 11 nitrogen and oxygen atoms in total. The summed E-state index contributed by atoms with van der Waals surface area (Å²) in [6.45, 7) is 5.54. The predicted octanol–water partition coefficient (Wildman–Crippen LogP) is 2.68. The van der Waals surface area contributed by atoms with Crippen molar-refractivity contribution >= 4 is 40.5 Å². The number of anilines is 3. The summed E-state index contributed by atoms with van der Waals surface area (Å²) >= 11 is 1.42. The standard InChI is InChI=1S/C24H28N8O3S/c1-3-35-20-13-31(12-19(20)33)14-22(34)25-16-6-8-17(9-7-16)36-24-27-23(18-5-4-10-32(18)30-24)26-21-11-15(2)28-29-21/h4-11,19-20,33H,3,12-14H2,1-2H3,(H,25,34)(H2,26,27,28,29,30)/t19-,20-/m1/s1. The molecule has 5 rings (SSSR count). The maximum atomic E-state index is 12.5. The van der Waals surface area contributed by atoms with E-state index in [-0.39, 0.29) is 18.6 Å². The van der Waals surface area contributed by atoms with E-state index in [0.717, 1.165) is 16.1 Å². The van der Waals surface area contributed by atoms with Crippen LogP contribution < -0.4 is 10.6 Å². The lowest BCUT2D eigenvalue weighted by atomic mass is 10.3. The molecule has 1 saturated heterocycles. The third-order valence-electron chi connectivity index (χ3n) is 5.73. The smallest absolute Gasteiger partial charge is 0.238 e. The maximum absolute atomic E-state index is 12.5. The van der Waals surface area contributed by atoms with Crippen LogP contribution in [0.15, 0.2) is 58.7 Å². The molecule has 2 atom stereocenters. The van der Waals surface area contributed by atoms with Crippen LogP contribution in [-0.4, -0.2) is 79.2 Å². The summed E-state index contributed by atoms with van der Waals surface area (Å²) < 4.78 is 7.29. The average molecular weight is 509 g/mol. The van der Waals surface area contributed by atoms with Gasteiger partial charge in [-0.05, 0) is 62.0 Å². The monoisotopic (exact) mass is 508 g/mol. The molecule has 12 heteroatoms. The van der Waals surface area contributed by atoms with Gasteiger partial charge in [-0.15, -0.1) is 5.10 Å². The van der Waals surface area contributed by atoms with Gasteiger partial charge in [0.15, 0.2) is 11.6 Å². The lowest BCUT2D eigenvalue weighted by Gasteiger charge is -2.15. The van der Waals surface area contributed by atoms with Gasteiger partial charge in [0.25, 0.3) is 0 Å². The van der Waals surface area contributed by atoms with Gasteiger partial charge < -0.3 is 20.5 Å². The Morgan fingerprint density at radius 1 is 1.28 bits per heavy atom. The zero-order valence-electron chi connectivity index (χ0n) is 20.0. The van der Waals surface area contributed by atoms with E-state index < -0.39 is 6.10 Å². The molecule has 0 radical (unpaired) electrons. The Labute approximate surface area is 212 Å². The fourth-order valence-electron chi connectivity index (χ4n) is 4.11. The molecular formula is C24H28N8O3S. The van der Waals surface area contributed by atoms with Crippen LogP contribution >= 0.6 is 11.8 Å². The summed E-state index contributed by atoms with van der Waals surface area (Å²) in [7, 11) is 0. The van der Waals surface area contributed by atoms with E-state index in [1.54, 1.807) is 4.52 Å². The van der Waals surface area contributed by atoms with Crippen LogP contribution in [0.4, 0.5) is 17.3 Å². The number of β-amino-alcohol motifs (C(OH)–C–C–N with tert-alkyl or cyclic N) is 1. The first-order valence-electron chi connectivity index (χ1n) is 11.7. The predicted molar refractivity (Wildman–Crippen MR) is 137 cm³/mol. The van der Waals surface area contributed by atoms with Crippen molar-refractivity contribution in [1.82, 2.24) is 29.7 Å². The summed E-state index contributed by atoms with van der Waals surface area (Å²) in [4.78, 5) is 20.0. The van der Waals surface area contributed by atoms with Gasteiger partial charge in [0, 0.05) is 48.2 Å². The van der Waals surface area contributed by atoms with Crippen LogP contribution in [-0.2, 0) is 9.53 Å². The number of aryl methyl sites for hydroxylation is 1. The fourth-order valence-corrected chi connectivity index (χ4v) is 4.86. The van der Waals surface area contributed by atoms with Crippen molar-refractivity contribution in [2.75, 3.05) is 36.9 Å². The number of aromatic nitrogens is 5. The molecule has 0 bridgehead atoms. The molecule has 36 heavy (non-hydrogen) atoms. The number of likely N-dealkylation sites (tertiary alicyclic amines) is 1. The lowest BCUT2D eigenvalue weighted by molar-refractivity contribution is -0.117. The molecule has 0 unspecified atom stereocenters. The van der Waals surface area contributed by atoms with Crippen molar-refractivity contribution in [2.24, 2.45) is 0 Å². The third-order valence-corrected chi connectivity index (χ3v) is 6.60. The van der Waals surface area contributed by atoms with E-state index in [1.165, 1.54) is 11.8 Å². The molecule has 4 aromatic rings. The highest BCUT2D eigenvalue weighted by atomic mass is 32.2. The van der Waals surface area contributed by atoms with Crippen LogP contribution in [0, 0.1) is 6.92 Å². The van der Waals surface area contributed by atoms with E-state index in [9.17, 15) is 9.90 Å². The normalized spacial score (nSPS) is 18.1. The fraction of sp³-hybridized carbons (Fsp3) is 0.333. The number of ether oxygens (including phenoxy) is 1. The number of fused-ring (bicyclic) bond motifs is 1. The largest absolute Gasteiger partial charge is 0.389 e. The summed E-state index contributed by atoms with van der Waals surface area (Å²) in [5, 5.41) is 28.5. The highest BCUT2D eigenvalue weighted by molar-refractivity contribution is 7.99. The van der Waals surface area contributed by atoms with Crippen molar-refractivity contribution in [3.63, 3.8) is 0 Å². The first-order valence-corrected chi connectivity index (χ1v) is 12.5. The van der Waals surface area contributed by atoms with E-state index in [4.69, 9.17) is 4.74 Å². The second-order valence-electron chi connectivity index (χ2n) is 8.57. The number of aliphatic hydroxyl groups excluding tert-OH is 1. The number of hydrogen-bond acceptors (Lipinski definition) is 9. The number of rotatable bonds is 9. The second-order valence-corrected chi connectivity index (χ2v) is 9.61. The van der Waals surface area contributed by atoms with E-state index in [0.29, 0.717) is 42.2 Å². The van der Waals surface area contributed by atoms with Crippen molar-refractivity contribution in [1.29, 1.82) is 0 Å². The lowest BCUT2D eigenvalue weighted by Crippen LogP contribution is -2.32. The van der Waals surface area contributed by atoms with Crippen molar-refractivity contribution < 1.29 is 14.6 Å². The Bertz CT molecular complexity index is 1340. The summed E-state index contributed by atoms with van der Waals surface area (Å²) in [5.41, 5.74) is 2.49. The first kappa shape index (κ1) is 24.3. The SMILES string of the molecule is CCO[C@@H]1CN(CC(=O)Nc2ccc(Sc3nc(Nc4cc(C)[nH]n4)c4cccn4n3)cc2)C[C@H]1O. The minimum absolute atomic E-state index is 0.134. The van der Waals surface area contributed by atoms with Gasteiger partial charge >= 0.3 is 0 Å². The molecule has 1 fully saturated rings. The Morgan fingerprint density at radius 2 is 2.11 bits per heavy atom. The summed E-state index contributed by atoms with van der Waals surface area (Å²) in [6.07, 6.45) is 1.06. The van der Waals surface area contributed by atoms with Gasteiger partial charge in [0.2, 0.25) is 11.1 Å². The van der Waals surface area contributed by atoms with Gasteiger partial charge in [-0.2, -0.15) is 5.10 Å². The van der Waals surface area contributed by atoms with Crippen molar-refractivity contribution in [2.45, 2.75) is 36.1 Å². The van der Waals surface area contributed by atoms with Gasteiger partial charge in [0.05, 0.1) is 18.8 Å². The molecule has 1 aliphatic rings. The number of carbonyl (C=O) groups excluding carboxylic acids is 1. The Morgan fingerprint density at radius 3 is 2.86 bits per heavy atom. The highest BCUT2D eigenvalue weighted by Crippen LogP contribution is 2.29.